The summed E-state index contributed by atoms with van der Waals surface area (Å²) in [6.07, 6.45) is 3.37. The fourth-order valence-corrected chi connectivity index (χ4v) is 4.91. The van der Waals surface area contributed by atoms with Crippen molar-refractivity contribution < 1.29 is 28.2 Å². The van der Waals surface area contributed by atoms with Crippen molar-refractivity contribution in [2.75, 3.05) is 13.7 Å². The zero-order valence-electron chi connectivity index (χ0n) is 18.7. The molecule has 0 spiro atoms. The van der Waals surface area contributed by atoms with E-state index in [1.54, 1.807) is 12.1 Å². The molecule has 0 bridgehead atoms. The predicted octanol–water partition coefficient (Wildman–Crippen LogP) is 4.50. The highest BCUT2D eigenvalue weighted by Gasteiger charge is 2.52. The maximum absolute atomic E-state index is 14.2. The number of carbonyl (C=O) groups excluding carboxylic acids is 2. The molecular formula is C25H29F2NO4S. The van der Waals surface area contributed by atoms with E-state index in [2.05, 4.69) is 4.74 Å². The Kier molecular flexibility index (Phi) is 8.37. The van der Waals surface area contributed by atoms with Gasteiger partial charge < -0.3 is 14.7 Å². The van der Waals surface area contributed by atoms with Crippen LogP contribution in [0.4, 0.5) is 8.78 Å². The van der Waals surface area contributed by atoms with Crippen LogP contribution in [0.1, 0.15) is 39.9 Å². The van der Waals surface area contributed by atoms with E-state index in [0.29, 0.717) is 24.1 Å². The minimum absolute atomic E-state index is 0.0995. The smallest absolute Gasteiger partial charge is 0.348 e. The Morgan fingerprint density at radius 3 is 2.73 bits per heavy atom. The summed E-state index contributed by atoms with van der Waals surface area (Å²) in [5.74, 6) is -5.09. The summed E-state index contributed by atoms with van der Waals surface area (Å²) in [4.78, 5) is 26.4. The van der Waals surface area contributed by atoms with E-state index in [0.717, 1.165) is 10.4 Å². The van der Waals surface area contributed by atoms with Gasteiger partial charge in [-0.3, -0.25) is 4.79 Å². The average Bonchev–Trinajstić information content (AvgIpc) is 3.35. The van der Waals surface area contributed by atoms with E-state index in [-0.39, 0.29) is 12.5 Å². The van der Waals surface area contributed by atoms with Crippen molar-refractivity contribution in [3.05, 3.63) is 69.9 Å². The van der Waals surface area contributed by atoms with Gasteiger partial charge in [0.2, 0.25) is 0 Å². The first kappa shape index (κ1) is 25.1. The lowest BCUT2D eigenvalue weighted by Gasteiger charge is -2.22. The van der Waals surface area contributed by atoms with Gasteiger partial charge in [-0.05, 0) is 42.9 Å². The Morgan fingerprint density at radius 2 is 2.03 bits per heavy atom. The predicted molar refractivity (Wildman–Crippen MR) is 124 cm³/mol. The third-order valence-electron chi connectivity index (χ3n) is 5.82. The molecule has 3 atom stereocenters. The van der Waals surface area contributed by atoms with Gasteiger partial charge in [0.05, 0.1) is 19.3 Å². The van der Waals surface area contributed by atoms with Crippen LogP contribution in [0.5, 0.6) is 0 Å². The number of esters is 1. The highest BCUT2D eigenvalue weighted by Crippen LogP contribution is 2.34. The molecule has 1 aromatic heterocycles. The number of ether oxygens (including phenoxy) is 1. The van der Waals surface area contributed by atoms with Crippen molar-refractivity contribution in [2.45, 2.75) is 50.7 Å². The van der Waals surface area contributed by atoms with Crippen LogP contribution in [-0.4, -0.2) is 53.6 Å². The summed E-state index contributed by atoms with van der Waals surface area (Å²) in [6.45, 7) is 2.07. The molecule has 3 rings (SSSR count). The summed E-state index contributed by atoms with van der Waals surface area (Å²) >= 11 is 1.29. The van der Waals surface area contributed by atoms with Crippen molar-refractivity contribution in [1.82, 2.24) is 4.90 Å². The van der Waals surface area contributed by atoms with E-state index >= 15 is 0 Å². The highest BCUT2D eigenvalue weighted by atomic mass is 32.1. The number of likely N-dealkylation sites (tertiary alicyclic amines) is 1. The number of aliphatic hydroxyl groups is 1. The second-order valence-electron chi connectivity index (χ2n) is 8.38. The van der Waals surface area contributed by atoms with Crippen LogP contribution >= 0.6 is 11.3 Å². The molecule has 1 aliphatic rings. The number of nitrogens with zero attached hydrogens (tertiary/aromatic N) is 1. The lowest BCUT2D eigenvalue weighted by atomic mass is 9.95. The van der Waals surface area contributed by atoms with Gasteiger partial charge in [0.25, 0.3) is 5.91 Å². The third-order valence-corrected chi connectivity index (χ3v) is 6.95. The number of hydrogen-bond donors (Lipinski definition) is 1. The minimum Gasteiger partial charge on any atom is -0.465 e. The lowest BCUT2D eigenvalue weighted by Crippen LogP contribution is -2.37. The summed E-state index contributed by atoms with van der Waals surface area (Å²) in [6, 6.07) is 12.5. The molecule has 1 aliphatic heterocycles. The molecule has 1 N–H and O–H groups in total. The van der Waals surface area contributed by atoms with Crippen molar-refractivity contribution >= 4 is 23.2 Å². The first-order chi connectivity index (χ1) is 15.7. The monoisotopic (exact) mass is 477 g/mol. The zero-order chi connectivity index (χ0) is 24.0. The molecule has 178 valence electrons. The van der Waals surface area contributed by atoms with Gasteiger partial charge in [0, 0.05) is 17.8 Å². The van der Waals surface area contributed by atoms with E-state index in [9.17, 15) is 23.5 Å². The number of amides is 1. The fraction of sp³-hybridized carbons (Fsp3) is 0.440. The largest absolute Gasteiger partial charge is 0.465 e. The van der Waals surface area contributed by atoms with Gasteiger partial charge in [0.1, 0.15) is 4.88 Å². The van der Waals surface area contributed by atoms with Crippen LogP contribution in [0.25, 0.3) is 0 Å². The number of alkyl halides is 2. The maximum Gasteiger partial charge on any atom is 0.348 e. The van der Waals surface area contributed by atoms with E-state index < -0.39 is 36.4 Å². The summed E-state index contributed by atoms with van der Waals surface area (Å²) < 4.78 is 33.0. The number of thiophene rings is 1. The number of aliphatic hydroxyl groups excluding tert-OH is 1. The van der Waals surface area contributed by atoms with Crippen molar-refractivity contribution in [3.63, 3.8) is 0 Å². The molecule has 2 heterocycles. The summed E-state index contributed by atoms with van der Waals surface area (Å²) in [7, 11) is 1.31. The van der Waals surface area contributed by atoms with Crippen LogP contribution in [0.15, 0.2) is 54.6 Å². The second kappa shape index (κ2) is 11.0. The van der Waals surface area contributed by atoms with Crippen molar-refractivity contribution in [1.29, 1.82) is 0 Å². The molecule has 0 saturated carbocycles. The number of hydrogen-bond acceptors (Lipinski definition) is 5. The molecule has 8 heteroatoms. The van der Waals surface area contributed by atoms with E-state index in [4.69, 9.17) is 0 Å². The third kappa shape index (κ3) is 6.48. The molecule has 0 aliphatic carbocycles. The van der Waals surface area contributed by atoms with Crippen LogP contribution < -0.4 is 0 Å². The first-order valence-electron chi connectivity index (χ1n) is 11.0. The lowest BCUT2D eigenvalue weighted by molar-refractivity contribution is -0.148. The number of benzene rings is 1. The number of aryl methyl sites for hydroxylation is 1. The molecule has 1 fully saturated rings. The van der Waals surface area contributed by atoms with E-state index in [1.165, 1.54) is 35.5 Å². The van der Waals surface area contributed by atoms with Crippen LogP contribution in [-0.2, 0) is 22.4 Å². The fourth-order valence-electron chi connectivity index (χ4n) is 3.94. The molecule has 0 radical (unpaired) electrons. The Labute approximate surface area is 196 Å². The molecule has 1 amide bonds. The molecule has 0 unspecified atom stereocenters. The Hall–Kier alpha value is -2.58. The van der Waals surface area contributed by atoms with Gasteiger partial charge in [-0.15, -0.1) is 11.3 Å². The average molecular weight is 478 g/mol. The zero-order valence-corrected chi connectivity index (χ0v) is 19.6. The van der Waals surface area contributed by atoms with Crippen LogP contribution in [0.3, 0.4) is 0 Å². The van der Waals surface area contributed by atoms with Gasteiger partial charge in [-0.25, -0.2) is 4.79 Å². The Balaban J connectivity index is 1.58. The van der Waals surface area contributed by atoms with Crippen LogP contribution in [0.2, 0.25) is 0 Å². The van der Waals surface area contributed by atoms with Crippen LogP contribution in [0, 0.1) is 5.92 Å². The molecule has 5 nitrogen and oxygen atoms in total. The quantitative estimate of drug-likeness (QED) is 0.404. The van der Waals surface area contributed by atoms with Crippen molar-refractivity contribution in [3.8, 4) is 0 Å². The second-order valence-corrected chi connectivity index (χ2v) is 9.55. The van der Waals surface area contributed by atoms with E-state index in [1.807, 2.05) is 37.3 Å². The maximum atomic E-state index is 14.2. The molecule has 33 heavy (non-hydrogen) atoms. The standard InChI is InChI=1S/C25H29F2NO4S/c1-17(15-18-7-4-3-5-8-18)21(29)12-10-19-16-25(26,27)24(31)28(19)14-6-9-20-11-13-22(33-20)23(30)32-2/h3-5,7-8,10-13,17,19,21,29H,6,9,14-16H2,1-2H3/b12-10+/t17-,19-,21+/m0/s1. The Bertz CT molecular complexity index is 976. The molecular weight excluding hydrogens is 448 g/mol. The summed E-state index contributed by atoms with van der Waals surface area (Å²) in [5.41, 5.74) is 1.09. The topological polar surface area (TPSA) is 66.8 Å². The normalized spacial score (nSPS) is 19.7. The van der Waals surface area contributed by atoms with Gasteiger partial charge >= 0.3 is 11.9 Å². The number of methoxy groups -OCH3 is 1. The minimum atomic E-state index is -3.41. The van der Waals surface area contributed by atoms with Gasteiger partial charge in [-0.2, -0.15) is 8.78 Å². The SMILES string of the molecule is COC(=O)c1ccc(CCCN2C(=O)C(F)(F)C[C@@H]2/C=C/[C@@H](O)[C@@H](C)Cc2ccccc2)s1. The Morgan fingerprint density at radius 1 is 1.30 bits per heavy atom. The number of rotatable bonds is 10. The molecule has 2 aromatic rings. The number of carbonyl (C=O) groups is 2. The molecule has 1 aromatic carbocycles. The molecule has 1 saturated heterocycles. The van der Waals surface area contributed by atoms with Gasteiger partial charge in [0.15, 0.2) is 0 Å². The van der Waals surface area contributed by atoms with Gasteiger partial charge in [-0.1, -0.05) is 49.4 Å². The van der Waals surface area contributed by atoms with Crippen molar-refractivity contribution in [2.24, 2.45) is 5.92 Å². The highest BCUT2D eigenvalue weighted by molar-refractivity contribution is 7.13. The summed E-state index contributed by atoms with van der Waals surface area (Å²) in [5, 5.41) is 10.5. The first-order valence-corrected chi connectivity index (χ1v) is 11.8. The number of halogens is 2.